The molecule has 1 fully saturated rings. The zero-order valence-corrected chi connectivity index (χ0v) is 9.21. The van der Waals surface area contributed by atoms with Crippen LogP contribution in [0.4, 0.5) is 14.5 Å². The molecule has 0 aromatic heterocycles. The van der Waals surface area contributed by atoms with Crippen molar-refractivity contribution in [2.45, 2.75) is 18.6 Å². The highest BCUT2D eigenvalue weighted by atomic mass is 19.3. The first-order valence-corrected chi connectivity index (χ1v) is 5.54. The Morgan fingerprint density at radius 2 is 1.76 bits per heavy atom. The van der Waals surface area contributed by atoms with Crippen LogP contribution in [0.5, 0.6) is 0 Å². The molecule has 1 aromatic carbocycles. The Morgan fingerprint density at radius 3 is 2.35 bits per heavy atom. The van der Waals surface area contributed by atoms with E-state index in [1.165, 1.54) is 0 Å². The first kappa shape index (κ1) is 12.3. The lowest BCUT2D eigenvalue weighted by Gasteiger charge is -2.40. The zero-order valence-electron chi connectivity index (χ0n) is 9.21. The molecule has 5 heteroatoms. The van der Waals surface area contributed by atoms with Gasteiger partial charge in [-0.25, -0.2) is 8.78 Å². The van der Waals surface area contributed by atoms with Crippen LogP contribution in [0, 0.1) is 5.92 Å². The second-order valence-corrected chi connectivity index (χ2v) is 4.30. The van der Waals surface area contributed by atoms with Crippen molar-refractivity contribution in [3.05, 3.63) is 30.3 Å². The third-order valence-electron chi connectivity index (χ3n) is 3.12. The molecular formula is C12H15F2NO2. The second kappa shape index (κ2) is 4.98. The molecule has 1 aliphatic heterocycles. The van der Waals surface area contributed by atoms with Gasteiger partial charge in [-0.1, -0.05) is 18.2 Å². The number of β-amino-alcohol motifs (C(OH)–C–C–N with tert-alkyl or cyclic N) is 1. The molecule has 0 aliphatic carbocycles. The van der Waals surface area contributed by atoms with Gasteiger partial charge < -0.3 is 15.1 Å². The van der Waals surface area contributed by atoms with Gasteiger partial charge in [0.2, 0.25) is 6.43 Å². The van der Waals surface area contributed by atoms with Crippen LogP contribution in [-0.2, 0) is 0 Å². The molecule has 0 bridgehead atoms. The number of aliphatic hydroxyl groups is 2. The Morgan fingerprint density at radius 1 is 1.12 bits per heavy atom. The average molecular weight is 243 g/mol. The summed E-state index contributed by atoms with van der Waals surface area (Å²) in [5.41, 5.74) is 0.782. The number of nitrogens with zero attached hydrogens (tertiary/aromatic N) is 1. The topological polar surface area (TPSA) is 43.7 Å². The Hall–Kier alpha value is -1.20. The largest absolute Gasteiger partial charge is 0.390 e. The fourth-order valence-corrected chi connectivity index (χ4v) is 2.13. The van der Waals surface area contributed by atoms with Gasteiger partial charge in [-0.05, 0) is 12.1 Å². The molecule has 1 aliphatic rings. The highest BCUT2D eigenvalue weighted by Crippen LogP contribution is 2.27. The number of piperidine rings is 1. The van der Waals surface area contributed by atoms with Crippen LogP contribution in [0.15, 0.2) is 30.3 Å². The van der Waals surface area contributed by atoms with Gasteiger partial charge in [-0.3, -0.25) is 0 Å². The van der Waals surface area contributed by atoms with E-state index >= 15 is 0 Å². The number of benzene rings is 1. The molecule has 17 heavy (non-hydrogen) atoms. The van der Waals surface area contributed by atoms with Crippen molar-refractivity contribution < 1.29 is 19.0 Å². The van der Waals surface area contributed by atoms with Crippen molar-refractivity contribution >= 4 is 5.69 Å². The number of hydrogen-bond acceptors (Lipinski definition) is 3. The van der Waals surface area contributed by atoms with Gasteiger partial charge in [0.25, 0.3) is 0 Å². The Bertz CT molecular complexity index is 361. The van der Waals surface area contributed by atoms with Crippen molar-refractivity contribution in [1.29, 1.82) is 0 Å². The number of aliphatic hydroxyl groups excluding tert-OH is 2. The highest BCUT2D eigenvalue weighted by molar-refractivity contribution is 5.46. The van der Waals surface area contributed by atoms with Crippen LogP contribution in [0.2, 0.25) is 0 Å². The number of hydrogen-bond donors (Lipinski definition) is 2. The molecule has 0 amide bonds. The summed E-state index contributed by atoms with van der Waals surface area (Å²) in [6.45, 7) is 0.230. The summed E-state index contributed by atoms with van der Waals surface area (Å²) in [5.74, 6) is -1.21. The van der Waals surface area contributed by atoms with E-state index in [0.29, 0.717) is 0 Å². The quantitative estimate of drug-likeness (QED) is 0.817. The van der Waals surface area contributed by atoms with Gasteiger partial charge in [-0.2, -0.15) is 0 Å². The molecule has 0 radical (unpaired) electrons. The standard InChI is InChI=1S/C12H15F2NO2/c13-12(14)9-6-15(7-10(16)11(9)17)8-4-2-1-3-5-8/h1-5,9-12,16-17H,6-7H2/t9-,10+,11+/m0/s1. The van der Waals surface area contributed by atoms with E-state index in [1.54, 1.807) is 17.0 Å². The lowest BCUT2D eigenvalue weighted by atomic mass is 9.92. The zero-order chi connectivity index (χ0) is 12.4. The van der Waals surface area contributed by atoms with E-state index in [0.717, 1.165) is 5.69 Å². The molecule has 1 heterocycles. The smallest absolute Gasteiger partial charge is 0.245 e. The molecule has 3 nitrogen and oxygen atoms in total. The van der Waals surface area contributed by atoms with Gasteiger partial charge in [0.05, 0.1) is 18.1 Å². The lowest BCUT2D eigenvalue weighted by molar-refractivity contribution is -0.0770. The van der Waals surface area contributed by atoms with Crippen molar-refractivity contribution in [2.75, 3.05) is 18.0 Å². The number of para-hydroxylation sites is 1. The fourth-order valence-electron chi connectivity index (χ4n) is 2.13. The second-order valence-electron chi connectivity index (χ2n) is 4.30. The van der Waals surface area contributed by atoms with Crippen molar-refractivity contribution in [3.63, 3.8) is 0 Å². The first-order valence-electron chi connectivity index (χ1n) is 5.54. The van der Waals surface area contributed by atoms with Gasteiger partial charge in [0, 0.05) is 18.8 Å². The molecule has 0 saturated carbocycles. The molecule has 3 atom stereocenters. The molecule has 2 N–H and O–H groups in total. The minimum Gasteiger partial charge on any atom is -0.390 e. The first-order chi connectivity index (χ1) is 8.09. The summed E-state index contributed by atoms with van der Waals surface area (Å²) >= 11 is 0. The normalized spacial score (nSPS) is 29.7. The summed E-state index contributed by atoms with van der Waals surface area (Å²) in [6.07, 6.45) is -5.12. The van der Waals surface area contributed by atoms with Crippen LogP contribution < -0.4 is 4.90 Å². The maximum atomic E-state index is 12.7. The van der Waals surface area contributed by atoms with Crippen molar-refractivity contribution in [2.24, 2.45) is 5.92 Å². The van der Waals surface area contributed by atoms with Crippen LogP contribution >= 0.6 is 0 Å². The predicted molar refractivity (Wildman–Crippen MR) is 60.2 cm³/mol. The summed E-state index contributed by atoms with van der Waals surface area (Å²) in [4.78, 5) is 1.67. The molecule has 0 unspecified atom stereocenters. The summed E-state index contributed by atoms with van der Waals surface area (Å²) in [7, 11) is 0. The number of halogens is 2. The molecule has 0 spiro atoms. The Labute approximate surface area is 98.3 Å². The molecule has 94 valence electrons. The molecule has 2 rings (SSSR count). The number of alkyl halides is 2. The summed E-state index contributed by atoms with van der Waals surface area (Å²) < 4.78 is 25.5. The monoisotopic (exact) mass is 243 g/mol. The van der Waals surface area contributed by atoms with Gasteiger partial charge in [-0.15, -0.1) is 0 Å². The number of anilines is 1. The SMILES string of the molecule is O[C@H]1[C@H](O)CN(c2ccccc2)C[C@@H]1C(F)F. The van der Waals surface area contributed by atoms with E-state index in [4.69, 9.17) is 0 Å². The fraction of sp³-hybridized carbons (Fsp3) is 0.500. The minimum atomic E-state index is -2.63. The van der Waals surface area contributed by atoms with Crippen LogP contribution in [0.25, 0.3) is 0 Å². The minimum absolute atomic E-state index is 0.0555. The Kier molecular flexibility index (Phi) is 3.59. The predicted octanol–water partition coefficient (Wildman–Crippen LogP) is 1.11. The van der Waals surface area contributed by atoms with E-state index in [2.05, 4.69) is 0 Å². The van der Waals surface area contributed by atoms with Crippen LogP contribution in [0.3, 0.4) is 0 Å². The molecule has 1 saturated heterocycles. The van der Waals surface area contributed by atoms with Gasteiger partial charge in [0.15, 0.2) is 0 Å². The summed E-state index contributed by atoms with van der Waals surface area (Å²) in [5, 5.41) is 19.1. The van der Waals surface area contributed by atoms with Gasteiger partial charge in [0.1, 0.15) is 0 Å². The van der Waals surface area contributed by atoms with Crippen molar-refractivity contribution in [3.8, 4) is 0 Å². The lowest BCUT2D eigenvalue weighted by Crippen LogP contribution is -2.54. The van der Waals surface area contributed by atoms with Crippen LogP contribution in [0.1, 0.15) is 0 Å². The Balaban J connectivity index is 2.16. The van der Waals surface area contributed by atoms with E-state index in [9.17, 15) is 19.0 Å². The average Bonchev–Trinajstić information content (AvgIpc) is 2.33. The van der Waals surface area contributed by atoms with Gasteiger partial charge >= 0.3 is 0 Å². The molecule has 1 aromatic rings. The van der Waals surface area contributed by atoms with E-state index in [1.807, 2.05) is 18.2 Å². The maximum absolute atomic E-state index is 12.7. The third kappa shape index (κ3) is 2.56. The third-order valence-corrected chi connectivity index (χ3v) is 3.12. The number of rotatable bonds is 2. The van der Waals surface area contributed by atoms with E-state index < -0.39 is 24.6 Å². The van der Waals surface area contributed by atoms with Crippen LogP contribution in [-0.4, -0.2) is 41.9 Å². The van der Waals surface area contributed by atoms with Crippen molar-refractivity contribution in [1.82, 2.24) is 0 Å². The highest BCUT2D eigenvalue weighted by Gasteiger charge is 2.39. The summed E-state index contributed by atoms with van der Waals surface area (Å²) in [6, 6.07) is 9.05. The maximum Gasteiger partial charge on any atom is 0.245 e. The molecular weight excluding hydrogens is 228 g/mol. The van der Waals surface area contributed by atoms with E-state index in [-0.39, 0.29) is 13.1 Å².